The van der Waals surface area contributed by atoms with Crippen molar-refractivity contribution < 1.29 is 4.79 Å². The Labute approximate surface area is 70.7 Å². The van der Waals surface area contributed by atoms with Crippen LogP contribution in [-0.4, -0.2) is 15.7 Å². The predicted molar refractivity (Wildman–Crippen MR) is 45.3 cm³/mol. The van der Waals surface area contributed by atoms with Gasteiger partial charge in [0, 0.05) is 19.7 Å². The second kappa shape index (κ2) is 3.75. The lowest BCUT2D eigenvalue weighted by atomic mass is 10.5. The number of hydrogen-bond acceptors (Lipinski definition) is 3. The third-order valence-electron chi connectivity index (χ3n) is 1.37. The van der Waals surface area contributed by atoms with Crippen LogP contribution in [0.1, 0.15) is 13.3 Å². The zero-order valence-corrected chi connectivity index (χ0v) is 7.16. The molecular formula is C7H12N4O. The molecule has 12 heavy (non-hydrogen) atoms. The van der Waals surface area contributed by atoms with Crippen LogP contribution in [0.4, 0.5) is 5.69 Å². The first-order valence-electron chi connectivity index (χ1n) is 3.76. The number of nitrogens with zero attached hydrogens (tertiary/aromatic N) is 2. The van der Waals surface area contributed by atoms with E-state index in [0.717, 1.165) is 5.69 Å². The summed E-state index contributed by atoms with van der Waals surface area (Å²) >= 11 is 0. The van der Waals surface area contributed by atoms with Gasteiger partial charge in [0.1, 0.15) is 0 Å². The van der Waals surface area contributed by atoms with Crippen LogP contribution in [0.2, 0.25) is 0 Å². The van der Waals surface area contributed by atoms with Crippen molar-refractivity contribution in [2.75, 3.05) is 5.43 Å². The van der Waals surface area contributed by atoms with Crippen LogP contribution in [0.15, 0.2) is 12.4 Å². The number of carbonyl (C=O) groups excluding carboxylic acids is 1. The first kappa shape index (κ1) is 8.58. The van der Waals surface area contributed by atoms with E-state index in [0.29, 0.717) is 6.42 Å². The lowest BCUT2D eigenvalue weighted by Gasteiger charge is -2.02. The Balaban J connectivity index is 2.38. The molecule has 0 saturated heterocycles. The number of rotatable bonds is 3. The zero-order chi connectivity index (χ0) is 8.97. The van der Waals surface area contributed by atoms with E-state index >= 15 is 0 Å². The summed E-state index contributed by atoms with van der Waals surface area (Å²) in [5.41, 5.74) is 6.03. The standard InChI is InChI=1S/C7H12N4O/c1-3-7(12)10-9-6-4-8-11(2)5-6/h4-5,9H,3H2,1-2H3,(H,10,12). The Morgan fingerprint density at radius 1 is 1.75 bits per heavy atom. The molecule has 1 amide bonds. The van der Waals surface area contributed by atoms with Gasteiger partial charge in [-0.2, -0.15) is 5.10 Å². The second-order valence-corrected chi connectivity index (χ2v) is 2.43. The number of aryl methyl sites for hydroxylation is 1. The first-order valence-corrected chi connectivity index (χ1v) is 3.76. The van der Waals surface area contributed by atoms with E-state index < -0.39 is 0 Å². The Morgan fingerprint density at radius 3 is 3.00 bits per heavy atom. The van der Waals surface area contributed by atoms with Gasteiger partial charge < -0.3 is 0 Å². The molecule has 5 nitrogen and oxygen atoms in total. The van der Waals surface area contributed by atoms with Crippen LogP contribution in [0.3, 0.4) is 0 Å². The van der Waals surface area contributed by atoms with E-state index in [4.69, 9.17) is 0 Å². The molecule has 1 rings (SSSR count). The number of nitrogens with one attached hydrogen (secondary N) is 2. The zero-order valence-electron chi connectivity index (χ0n) is 7.16. The maximum Gasteiger partial charge on any atom is 0.238 e. The van der Waals surface area contributed by atoms with E-state index in [2.05, 4.69) is 16.0 Å². The van der Waals surface area contributed by atoms with Crippen molar-refractivity contribution in [3.05, 3.63) is 12.4 Å². The van der Waals surface area contributed by atoms with E-state index in [9.17, 15) is 4.79 Å². The van der Waals surface area contributed by atoms with E-state index in [1.54, 1.807) is 24.0 Å². The maximum atomic E-state index is 10.8. The summed E-state index contributed by atoms with van der Waals surface area (Å²) in [6, 6.07) is 0. The van der Waals surface area contributed by atoms with Gasteiger partial charge in [-0.15, -0.1) is 0 Å². The summed E-state index contributed by atoms with van der Waals surface area (Å²) in [6.45, 7) is 1.79. The van der Waals surface area contributed by atoms with Crippen molar-refractivity contribution in [2.45, 2.75) is 13.3 Å². The molecule has 0 fully saturated rings. The van der Waals surface area contributed by atoms with Gasteiger partial charge in [0.2, 0.25) is 5.91 Å². The Bertz CT molecular complexity index is 268. The van der Waals surface area contributed by atoms with Gasteiger partial charge in [-0.05, 0) is 0 Å². The minimum Gasteiger partial charge on any atom is -0.295 e. The summed E-state index contributed by atoms with van der Waals surface area (Å²) in [6.07, 6.45) is 3.87. The molecular weight excluding hydrogens is 156 g/mol. The summed E-state index contributed by atoms with van der Waals surface area (Å²) in [7, 11) is 1.81. The fourth-order valence-electron chi connectivity index (χ4n) is 0.716. The molecule has 0 aliphatic rings. The Morgan fingerprint density at radius 2 is 2.50 bits per heavy atom. The van der Waals surface area contributed by atoms with Gasteiger partial charge in [-0.1, -0.05) is 6.92 Å². The smallest absolute Gasteiger partial charge is 0.238 e. The van der Waals surface area contributed by atoms with Crippen molar-refractivity contribution >= 4 is 11.6 Å². The molecule has 0 spiro atoms. The minimum absolute atomic E-state index is 0.0427. The molecule has 0 aliphatic heterocycles. The number of hydrogen-bond donors (Lipinski definition) is 2. The normalized spacial score (nSPS) is 9.50. The molecule has 0 saturated carbocycles. The van der Waals surface area contributed by atoms with Crippen molar-refractivity contribution in [2.24, 2.45) is 7.05 Å². The number of amides is 1. The topological polar surface area (TPSA) is 59.0 Å². The average molecular weight is 168 g/mol. The van der Waals surface area contributed by atoms with Gasteiger partial charge in [0.25, 0.3) is 0 Å². The van der Waals surface area contributed by atoms with Crippen LogP contribution in [0.25, 0.3) is 0 Å². The molecule has 0 bridgehead atoms. The molecule has 0 radical (unpaired) electrons. The van der Waals surface area contributed by atoms with Gasteiger partial charge in [-0.25, -0.2) is 0 Å². The highest BCUT2D eigenvalue weighted by molar-refractivity contribution is 5.76. The van der Waals surface area contributed by atoms with Gasteiger partial charge >= 0.3 is 0 Å². The molecule has 0 aromatic carbocycles. The third-order valence-corrected chi connectivity index (χ3v) is 1.37. The van der Waals surface area contributed by atoms with E-state index in [-0.39, 0.29) is 5.91 Å². The van der Waals surface area contributed by atoms with Gasteiger partial charge in [0.15, 0.2) is 0 Å². The molecule has 0 atom stereocenters. The van der Waals surface area contributed by atoms with E-state index in [1.807, 2.05) is 7.05 Å². The fraction of sp³-hybridized carbons (Fsp3) is 0.429. The van der Waals surface area contributed by atoms with Crippen LogP contribution in [0, 0.1) is 0 Å². The third kappa shape index (κ3) is 2.26. The lowest BCUT2D eigenvalue weighted by molar-refractivity contribution is -0.120. The van der Waals surface area contributed by atoms with Crippen molar-refractivity contribution in [3.8, 4) is 0 Å². The molecule has 1 aromatic rings. The predicted octanol–water partition coefficient (Wildman–Crippen LogP) is 0.273. The molecule has 0 aliphatic carbocycles. The Kier molecular flexibility index (Phi) is 2.68. The summed E-state index contributed by atoms with van der Waals surface area (Å²) < 4.78 is 1.65. The fourth-order valence-corrected chi connectivity index (χ4v) is 0.716. The highest BCUT2D eigenvalue weighted by Gasteiger charge is 1.96. The highest BCUT2D eigenvalue weighted by Crippen LogP contribution is 2.00. The molecule has 0 unspecified atom stereocenters. The number of carbonyl (C=O) groups is 1. The molecule has 66 valence electrons. The highest BCUT2D eigenvalue weighted by atomic mass is 16.2. The first-order chi connectivity index (χ1) is 5.72. The molecule has 5 heteroatoms. The number of anilines is 1. The van der Waals surface area contributed by atoms with Crippen LogP contribution >= 0.6 is 0 Å². The van der Waals surface area contributed by atoms with E-state index in [1.165, 1.54) is 0 Å². The number of aromatic nitrogens is 2. The summed E-state index contributed by atoms with van der Waals surface area (Å²) in [4.78, 5) is 10.8. The van der Waals surface area contributed by atoms with Crippen molar-refractivity contribution in [3.63, 3.8) is 0 Å². The maximum absolute atomic E-state index is 10.8. The molecule has 1 aromatic heterocycles. The second-order valence-electron chi connectivity index (χ2n) is 2.43. The Hall–Kier alpha value is -1.52. The largest absolute Gasteiger partial charge is 0.295 e. The summed E-state index contributed by atoms with van der Waals surface area (Å²) in [5.74, 6) is -0.0427. The summed E-state index contributed by atoms with van der Waals surface area (Å²) in [5, 5.41) is 3.92. The minimum atomic E-state index is -0.0427. The van der Waals surface area contributed by atoms with Gasteiger partial charge in [0.05, 0.1) is 11.9 Å². The lowest BCUT2D eigenvalue weighted by Crippen LogP contribution is -2.28. The van der Waals surface area contributed by atoms with Crippen LogP contribution in [0.5, 0.6) is 0 Å². The quantitative estimate of drug-likeness (QED) is 0.637. The monoisotopic (exact) mass is 168 g/mol. The molecule has 2 N–H and O–H groups in total. The van der Waals surface area contributed by atoms with Crippen molar-refractivity contribution in [1.82, 2.24) is 15.2 Å². The molecule has 1 heterocycles. The van der Waals surface area contributed by atoms with Crippen molar-refractivity contribution in [1.29, 1.82) is 0 Å². The SMILES string of the molecule is CCC(=O)NNc1cnn(C)c1. The number of hydrazine groups is 1. The van der Waals surface area contributed by atoms with Crippen LogP contribution in [-0.2, 0) is 11.8 Å². The van der Waals surface area contributed by atoms with Crippen LogP contribution < -0.4 is 10.9 Å². The average Bonchev–Trinajstić information content (AvgIpc) is 2.47. The van der Waals surface area contributed by atoms with Gasteiger partial charge in [-0.3, -0.25) is 20.3 Å².